The van der Waals surface area contributed by atoms with E-state index in [0.717, 1.165) is 19.5 Å². The van der Waals surface area contributed by atoms with Crippen LogP contribution in [0.2, 0.25) is 0 Å². The maximum Gasteiger partial charge on any atom is 0.0236 e. The molecule has 1 nitrogen and oxygen atoms in total. The molecule has 0 fully saturated rings. The Morgan fingerprint density at radius 3 is 2.19 bits per heavy atom. The second-order valence-corrected chi connectivity index (χ2v) is 5.75. The van der Waals surface area contributed by atoms with Gasteiger partial charge in [-0.1, -0.05) is 67.3 Å². The van der Waals surface area contributed by atoms with E-state index in [-0.39, 0.29) is 0 Å². The van der Waals surface area contributed by atoms with Crippen molar-refractivity contribution in [3.05, 3.63) is 77.9 Å². The van der Waals surface area contributed by atoms with Gasteiger partial charge in [0.05, 0.1) is 0 Å². The zero-order valence-corrected chi connectivity index (χ0v) is 13.1. The molecule has 1 heteroatoms. The van der Waals surface area contributed by atoms with Crippen LogP contribution in [0, 0.1) is 0 Å². The van der Waals surface area contributed by atoms with Crippen LogP contribution in [0.25, 0.3) is 6.08 Å². The SMILES string of the molecule is C=Cc1ccc(CCN(Cc2ccccc2)C(C)C)cc1. The van der Waals surface area contributed by atoms with Crippen LogP contribution >= 0.6 is 0 Å². The number of nitrogens with zero attached hydrogens (tertiary/aromatic N) is 1. The molecule has 0 heterocycles. The fourth-order valence-corrected chi connectivity index (χ4v) is 2.43. The molecular weight excluding hydrogens is 254 g/mol. The molecule has 0 atom stereocenters. The van der Waals surface area contributed by atoms with Crippen molar-refractivity contribution in [1.82, 2.24) is 4.90 Å². The Labute approximate surface area is 128 Å². The van der Waals surface area contributed by atoms with E-state index in [9.17, 15) is 0 Å². The average molecular weight is 279 g/mol. The molecular formula is C20H25N. The van der Waals surface area contributed by atoms with Gasteiger partial charge in [0.1, 0.15) is 0 Å². The first-order chi connectivity index (χ1) is 10.2. The zero-order chi connectivity index (χ0) is 15.1. The number of hydrogen-bond donors (Lipinski definition) is 0. The van der Waals surface area contributed by atoms with Crippen LogP contribution in [0.1, 0.15) is 30.5 Å². The molecule has 2 rings (SSSR count). The topological polar surface area (TPSA) is 3.24 Å². The highest BCUT2D eigenvalue weighted by molar-refractivity contribution is 5.47. The van der Waals surface area contributed by atoms with Crippen LogP contribution in [0.5, 0.6) is 0 Å². The maximum absolute atomic E-state index is 3.80. The lowest BCUT2D eigenvalue weighted by Gasteiger charge is -2.26. The lowest BCUT2D eigenvalue weighted by molar-refractivity contribution is 0.215. The Morgan fingerprint density at radius 2 is 1.62 bits per heavy atom. The lowest BCUT2D eigenvalue weighted by Crippen LogP contribution is -2.32. The molecule has 2 aromatic carbocycles. The quantitative estimate of drug-likeness (QED) is 0.705. The van der Waals surface area contributed by atoms with Crippen molar-refractivity contribution >= 4 is 6.08 Å². The van der Waals surface area contributed by atoms with Crippen LogP contribution in [-0.4, -0.2) is 17.5 Å². The Morgan fingerprint density at radius 1 is 0.952 bits per heavy atom. The van der Waals surface area contributed by atoms with Gasteiger partial charge in [-0.2, -0.15) is 0 Å². The van der Waals surface area contributed by atoms with Crippen LogP contribution in [-0.2, 0) is 13.0 Å². The molecule has 0 aromatic heterocycles. The summed E-state index contributed by atoms with van der Waals surface area (Å²) in [6, 6.07) is 19.9. The molecule has 0 saturated heterocycles. The minimum absolute atomic E-state index is 0.553. The molecule has 21 heavy (non-hydrogen) atoms. The van der Waals surface area contributed by atoms with E-state index in [1.165, 1.54) is 16.7 Å². The van der Waals surface area contributed by atoms with E-state index >= 15 is 0 Å². The van der Waals surface area contributed by atoms with Crippen LogP contribution in [0.3, 0.4) is 0 Å². The minimum Gasteiger partial charge on any atom is -0.296 e. The predicted molar refractivity (Wildman–Crippen MR) is 92.2 cm³/mol. The summed E-state index contributed by atoms with van der Waals surface area (Å²) in [6.45, 7) is 10.4. The van der Waals surface area contributed by atoms with Crippen molar-refractivity contribution in [2.75, 3.05) is 6.54 Å². The first kappa shape index (κ1) is 15.5. The van der Waals surface area contributed by atoms with Crippen molar-refractivity contribution in [1.29, 1.82) is 0 Å². The Kier molecular flexibility index (Phi) is 5.77. The zero-order valence-electron chi connectivity index (χ0n) is 13.1. The van der Waals surface area contributed by atoms with E-state index in [0.29, 0.717) is 6.04 Å². The molecule has 0 aliphatic rings. The third kappa shape index (κ3) is 4.87. The maximum atomic E-state index is 3.80. The van der Waals surface area contributed by atoms with E-state index in [1.54, 1.807) is 0 Å². The molecule has 0 spiro atoms. The summed E-state index contributed by atoms with van der Waals surface area (Å²) in [5, 5.41) is 0. The van der Waals surface area contributed by atoms with Crippen molar-refractivity contribution in [3.63, 3.8) is 0 Å². The average Bonchev–Trinajstić information content (AvgIpc) is 2.52. The third-order valence-corrected chi connectivity index (χ3v) is 3.86. The normalized spacial score (nSPS) is 11.0. The first-order valence-electron chi connectivity index (χ1n) is 7.68. The number of rotatable bonds is 7. The van der Waals surface area contributed by atoms with Gasteiger partial charge in [-0.05, 0) is 37.0 Å². The smallest absolute Gasteiger partial charge is 0.0236 e. The first-order valence-corrected chi connectivity index (χ1v) is 7.68. The Bertz CT molecular complexity index is 540. The molecule has 0 amide bonds. The van der Waals surface area contributed by atoms with Gasteiger partial charge in [0.2, 0.25) is 0 Å². The highest BCUT2D eigenvalue weighted by Gasteiger charge is 2.10. The minimum atomic E-state index is 0.553. The van der Waals surface area contributed by atoms with Gasteiger partial charge in [0.25, 0.3) is 0 Å². The van der Waals surface area contributed by atoms with Crippen molar-refractivity contribution in [3.8, 4) is 0 Å². The van der Waals surface area contributed by atoms with Crippen LogP contribution in [0.15, 0.2) is 61.2 Å². The van der Waals surface area contributed by atoms with Crippen molar-refractivity contribution in [2.24, 2.45) is 0 Å². The van der Waals surface area contributed by atoms with Gasteiger partial charge in [-0.25, -0.2) is 0 Å². The molecule has 0 bridgehead atoms. The fourth-order valence-electron chi connectivity index (χ4n) is 2.43. The van der Waals surface area contributed by atoms with Gasteiger partial charge in [0, 0.05) is 19.1 Å². The second kappa shape index (κ2) is 7.80. The Balaban J connectivity index is 1.94. The van der Waals surface area contributed by atoms with Crippen LogP contribution < -0.4 is 0 Å². The highest BCUT2D eigenvalue weighted by Crippen LogP contribution is 2.11. The van der Waals surface area contributed by atoms with Gasteiger partial charge in [0.15, 0.2) is 0 Å². The van der Waals surface area contributed by atoms with Crippen molar-refractivity contribution in [2.45, 2.75) is 32.9 Å². The van der Waals surface area contributed by atoms with Gasteiger partial charge in [-0.3, -0.25) is 4.90 Å². The number of benzene rings is 2. The lowest BCUT2D eigenvalue weighted by atomic mass is 10.1. The molecule has 0 aliphatic heterocycles. The van der Waals surface area contributed by atoms with E-state index in [1.807, 2.05) is 6.08 Å². The van der Waals surface area contributed by atoms with Gasteiger partial charge < -0.3 is 0 Å². The summed E-state index contributed by atoms with van der Waals surface area (Å²) in [6.07, 6.45) is 2.97. The summed E-state index contributed by atoms with van der Waals surface area (Å²) < 4.78 is 0. The molecule has 0 aliphatic carbocycles. The van der Waals surface area contributed by atoms with E-state index in [4.69, 9.17) is 0 Å². The molecule has 0 N–H and O–H groups in total. The predicted octanol–water partition coefficient (Wildman–Crippen LogP) is 4.78. The molecule has 0 saturated carbocycles. The van der Waals surface area contributed by atoms with Crippen molar-refractivity contribution < 1.29 is 0 Å². The standard InChI is InChI=1S/C20H25N/c1-4-18-10-12-19(13-11-18)14-15-21(17(2)3)16-20-8-6-5-7-9-20/h4-13,17H,1,14-16H2,2-3H3. The Hall–Kier alpha value is -1.86. The summed E-state index contributed by atoms with van der Waals surface area (Å²) in [4.78, 5) is 2.52. The largest absolute Gasteiger partial charge is 0.296 e. The summed E-state index contributed by atoms with van der Waals surface area (Å²) in [7, 11) is 0. The van der Waals surface area contributed by atoms with Crippen LogP contribution in [0.4, 0.5) is 0 Å². The summed E-state index contributed by atoms with van der Waals surface area (Å²) in [5.74, 6) is 0. The molecule has 110 valence electrons. The number of hydrogen-bond acceptors (Lipinski definition) is 1. The second-order valence-electron chi connectivity index (χ2n) is 5.75. The van der Waals surface area contributed by atoms with Gasteiger partial charge in [-0.15, -0.1) is 0 Å². The van der Waals surface area contributed by atoms with E-state index in [2.05, 4.69) is 79.9 Å². The fraction of sp³-hybridized carbons (Fsp3) is 0.300. The molecule has 0 unspecified atom stereocenters. The molecule has 0 radical (unpaired) electrons. The molecule has 2 aromatic rings. The van der Waals surface area contributed by atoms with Gasteiger partial charge >= 0.3 is 0 Å². The third-order valence-electron chi connectivity index (χ3n) is 3.86. The summed E-state index contributed by atoms with van der Waals surface area (Å²) in [5.41, 5.74) is 3.95. The summed E-state index contributed by atoms with van der Waals surface area (Å²) >= 11 is 0. The van der Waals surface area contributed by atoms with E-state index < -0.39 is 0 Å². The monoisotopic (exact) mass is 279 g/mol. The highest BCUT2D eigenvalue weighted by atomic mass is 15.1.